The van der Waals surface area contributed by atoms with E-state index in [2.05, 4.69) is 20.3 Å². The first-order valence-electron chi connectivity index (χ1n) is 9.89. The van der Waals surface area contributed by atoms with Gasteiger partial charge in [0.2, 0.25) is 0 Å². The van der Waals surface area contributed by atoms with Crippen molar-refractivity contribution in [3.8, 4) is 0 Å². The fourth-order valence-corrected chi connectivity index (χ4v) is 4.14. The predicted molar refractivity (Wildman–Crippen MR) is 101 cm³/mol. The largest absolute Gasteiger partial charge is 0.361 e. The van der Waals surface area contributed by atoms with Gasteiger partial charge in [-0.25, -0.2) is 0 Å². The number of hydrogen-bond acceptors (Lipinski definition) is 7. The maximum Gasteiger partial charge on any atom is 0.276 e. The van der Waals surface area contributed by atoms with Crippen LogP contribution in [-0.2, 0) is 0 Å². The molecule has 2 aliphatic rings. The minimum absolute atomic E-state index is 0.0733. The third-order valence-corrected chi connectivity index (χ3v) is 5.70. The highest BCUT2D eigenvalue weighted by atomic mass is 16.5. The molecular formula is C19H23N7O2. The van der Waals surface area contributed by atoms with E-state index in [1.165, 1.54) is 12.8 Å². The lowest BCUT2D eigenvalue weighted by atomic mass is 9.96. The second-order valence-corrected chi connectivity index (χ2v) is 7.60. The zero-order chi connectivity index (χ0) is 19.1. The summed E-state index contributed by atoms with van der Waals surface area (Å²) in [5.74, 6) is 2.68. The third-order valence-electron chi connectivity index (χ3n) is 5.70. The van der Waals surface area contributed by atoms with Crippen LogP contribution in [0.4, 0.5) is 5.82 Å². The van der Waals surface area contributed by atoms with Crippen molar-refractivity contribution < 1.29 is 9.32 Å². The molecule has 0 bridgehead atoms. The molecule has 0 atom stereocenters. The van der Waals surface area contributed by atoms with Crippen molar-refractivity contribution in [3.05, 3.63) is 35.5 Å². The molecule has 5 heterocycles. The summed E-state index contributed by atoms with van der Waals surface area (Å²) < 4.78 is 6.91. The number of carbonyl (C=O) groups is 1. The van der Waals surface area contributed by atoms with Crippen molar-refractivity contribution in [1.82, 2.24) is 29.9 Å². The lowest BCUT2D eigenvalue weighted by molar-refractivity contribution is 0.0700. The van der Waals surface area contributed by atoms with Gasteiger partial charge in [-0.15, -0.1) is 15.3 Å². The summed E-state index contributed by atoms with van der Waals surface area (Å²) in [5, 5.41) is 17.4. The van der Waals surface area contributed by atoms with Crippen LogP contribution in [0.25, 0.3) is 5.65 Å². The van der Waals surface area contributed by atoms with Crippen LogP contribution >= 0.6 is 0 Å². The lowest BCUT2D eigenvalue weighted by Gasteiger charge is -2.30. The van der Waals surface area contributed by atoms with Crippen LogP contribution in [0.2, 0.25) is 0 Å². The molecule has 0 spiro atoms. The molecule has 0 radical (unpaired) electrons. The van der Waals surface area contributed by atoms with Crippen molar-refractivity contribution >= 4 is 17.4 Å². The summed E-state index contributed by atoms with van der Waals surface area (Å²) >= 11 is 0. The Hall–Kier alpha value is -2.97. The fraction of sp³-hybridized carbons (Fsp3) is 0.526. The molecular weight excluding hydrogens is 358 g/mol. The summed E-state index contributed by atoms with van der Waals surface area (Å²) in [6.07, 6.45) is 4.09. The number of rotatable bonds is 3. The Morgan fingerprint density at radius 1 is 1.11 bits per heavy atom. The van der Waals surface area contributed by atoms with E-state index in [1.807, 2.05) is 21.5 Å². The smallest absolute Gasteiger partial charge is 0.276 e. The first kappa shape index (κ1) is 17.2. The summed E-state index contributed by atoms with van der Waals surface area (Å²) in [4.78, 5) is 16.7. The molecule has 3 aromatic heterocycles. The van der Waals surface area contributed by atoms with Gasteiger partial charge in [0.1, 0.15) is 11.6 Å². The van der Waals surface area contributed by atoms with Gasteiger partial charge in [0, 0.05) is 38.2 Å². The van der Waals surface area contributed by atoms with E-state index < -0.39 is 0 Å². The number of carbonyl (C=O) groups excluding carboxylic acids is 1. The molecule has 146 valence electrons. The van der Waals surface area contributed by atoms with E-state index in [9.17, 15) is 4.79 Å². The minimum atomic E-state index is -0.0733. The number of likely N-dealkylation sites (tertiary alicyclic amines) is 1. The van der Waals surface area contributed by atoms with Crippen LogP contribution in [0.1, 0.15) is 53.7 Å². The standard InChI is InChI=1S/C19H23N7O2/c1-13-12-15(23-28-13)19(27)25-10-6-14(7-11-25)18-21-20-16-4-5-17(22-26(16)18)24-8-2-3-9-24/h4-5,12,14H,2-3,6-11H2,1H3. The van der Waals surface area contributed by atoms with Crippen molar-refractivity contribution in [2.24, 2.45) is 0 Å². The highest BCUT2D eigenvalue weighted by Crippen LogP contribution is 2.28. The van der Waals surface area contributed by atoms with Crippen LogP contribution in [-0.4, -0.2) is 62.0 Å². The number of nitrogens with zero attached hydrogens (tertiary/aromatic N) is 7. The summed E-state index contributed by atoms with van der Waals surface area (Å²) in [6.45, 7) is 5.22. The number of fused-ring (bicyclic) bond motifs is 1. The van der Waals surface area contributed by atoms with Gasteiger partial charge in [0.15, 0.2) is 17.2 Å². The topological polar surface area (TPSA) is 92.7 Å². The predicted octanol–water partition coefficient (Wildman–Crippen LogP) is 2.04. The van der Waals surface area contributed by atoms with Gasteiger partial charge in [0.25, 0.3) is 5.91 Å². The lowest BCUT2D eigenvalue weighted by Crippen LogP contribution is -2.38. The molecule has 2 fully saturated rings. The summed E-state index contributed by atoms with van der Waals surface area (Å²) in [5.41, 5.74) is 1.15. The fourth-order valence-electron chi connectivity index (χ4n) is 4.14. The molecule has 28 heavy (non-hydrogen) atoms. The zero-order valence-corrected chi connectivity index (χ0v) is 15.9. The van der Waals surface area contributed by atoms with Gasteiger partial charge in [-0.3, -0.25) is 4.79 Å². The molecule has 0 aliphatic carbocycles. The average molecular weight is 381 g/mol. The second kappa shape index (κ2) is 6.88. The molecule has 0 saturated carbocycles. The van der Waals surface area contributed by atoms with Crippen LogP contribution in [0, 0.1) is 6.92 Å². The molecule has 0 N–H and O–H groups in total. The SMILES string of the molecule is Cc1cc(C(=O)N2CCC(c3nnc4ccc(N5CCCC5)nn34)CC2)no1. The monoisotopic (exact) mass is 381 g/mol. The van der Waals surface area contributed by atoms with E-state index in [0.717, 1.165) is 43.2 Å². The summed E-state index contributed by atoms with van der Waals surface area (Å²) in [6, 6.07) is 5.70. The van der Waals surface area contributed by atoms with Crippen molar-refractivity contribution in [2.75, 3.05) is 31.1 Å². The molecule has 9 nitrogen and oxygen atoms in total. The maximum atomic E-state index is 12.6. The van der Waals surface area contributed by atoms with E-state index in [1.54, 1.807) is 13.0 Å². The highest BCUT2D eigenvalue weighted by molar-refractivity contribution is 5.92. The maximum absolute atomic E-state index is 12.6. The highest BCUT2D eigenvalue weighted by Gasteiger charge is 2.29. The molecule has 2 saturated heterocycles. The molecule has 0 unspecified atom stereocenters. The average Bonchev–Trinajstić information content (AvgIpc) is 3.47. The van der Waals surface area contributed by atoms with Crippen LogP contribution in [0.5, 0.6) is 0 Å². The number of hydrogen-bond donors (Lipinski definition) is 0. The Morgan fingerprint density at radius 3 is 2.61 bits per heavy atom. The van der Waals surface area contributed by atoms with E-state index >= 15 is 0 Å². The third kappa shape index (κ3) is 3.00. The Bertz CT molecular complexity index is 997. The van der Waals surface area contributed by atoms with Gasteiger partial charge < -0.3 is 14.3 Å². The number of aryl methyl sites for hydroxylation is 1. The Kier molecular flexibility index (Phi) is 4.22. The molecule has 9 heteroatoms. The molecule has 2 aliphatic heterocycles. The Labute approximate surface area is 162 Å². The van der Waals surface area contributed by atoms with Gasteiger partial charge in [-0.05, 0) is 44.7 Å². The van der Waals surface area contributed by atoms with Crippen molar-refractivity contribution in [1.29, 1.82) is 0 Å². The Balaban J connectivity index is 1.32. The molecule has 3 aromatic rings. The van der Waals surface area contributed by atoms with Crippen LogP contribution in [0.15, 0.2) is 22.7 Å². The molecule has 1 amide bonds. The van der Waals surface area contributed by atoms with Crippen molar-refractivity contribution in [3.63, 3.8) is 0 Å². The van der Waals surface area contributed by atoms with Gasteiger partial charge in [-0.1, -0.05) is 5.16 Å². The quantitative estimate of drug-likeness (QED) is 0.685. The summed E-state index contributed by atoms with van der Waals surface area (Å²) in [7, 11) is 0. The number of piperidine rings is 1. The zero-order valence-electron chi connectivity index (χ0n) is 15.9. The number of aromatic nitrogens is 5. The number of anilines is 1. The second-order valence-electron chi connectivity index (χ2n) is 7.60. The first-order chi connectivity index (χ1) is 13.7. The van der Waals surface area contributed by atoms with Gasteiger partial charge >= 0.3 is 0 Å². The minimum Gasteiger partial charge on any atom is -0.361 e. The normalized spacial score (nSPS) is 18.3. The van der Waals surface area contributed by atoms with Gasteiger partial charge in [-0.2, -0.15) is 4.52 Å². The van der Waals surface area contributed by atoms with E-state index in [0.29, 0.717) is 24.5 Å². The molecule has 5 rings (SSSR count). The molecule has 0 aromatic carbocycles. The van der Waals surface area contributed by atoms with E-state index in [4.69, 9.17) is 9.62 Å². The van der Waals surface area contributed by atoms with Gasteiger partial charge in [0.05, 0.1) is 0 Å². The Morgan fingerprint density at radius 2 is 1.89 bits per heavy atom. The number of amides is 1. The van der Waals surface area contributed by atoms with Crippen molar-refractivity contribution in [2.45, 2.75) is 38.5 Å². The first-order valence-corrected chi connectivity index (χ1v) is 9.89. The van der Waals surface area contributed by atoms with E-state index in [-0.39, 0.29) is 11.8 Å². The van der Waals surface area contributed by atoms with Crippen LogP contribution < -0.4 is 4.90 Å². The van der Waals surface area contributed by atoms with Crippen LogP contribution in [0.3, 0.4) is 0 Å².